The number of ether oxygens (including phenoxy) is 1. The molecule has 1 aliphatic heterocycles. The highest BCUT2D eigenvalue weighted by atomic mass is 32.1. The Bertz CT molecular complexity index is 1180. The molecular formula is C23H27N3O3S. The Labute approximate surface area is 179 Å². The topological polar surface area (TPSA) is 66.1 Å². The van der Waals surface area contributed by atoms with Crippen molar-refractivity contribution in [3.8, 4) is 0 Å². The molecule has 3 aromatic rings. The lowest BCUT2D eigenvalue weighted by atomic mass is 9.97. The molecule has 0 aromatic carbocycles. The number of Topliss-reactive ketones (excluding diaryl/α,β-unsaturated/α-hetero) is 1. The van der Waals surface area contributed by atoms with Gasteiger partial charge in [0, 0.05) is 35.0 Å². The predicted molar refractivity (Wildman–Crippen MR) is 118 cm³/mol. The van der Waals surface area contributed by atoms with Crippen LogP contribution < -0.4 is 5.56 Å². The first-order valence-electron chi connectivity index (χ1n) is 10.8. The summed E-state index contributed by atoms with van der Waals surface area (Å²) in [5, 5.41) is 0.730. The van der Waals surface area contributed by atoms with Gasteiger partial charge in [-0.15, -0.1) is 11.3 Å². The van der Waals surface area contributed by atoms with E-state index in [1.54, 1.807) is 11.3 Å². The van der Waals surface area contributed by atoms with E-state index in [0.29, 0.717) is 5.56 Å². The van der Waals surface area contributed by atoms with E-state index in [0.717, 1.165) is 72.4 Å². The smallest absolute Gasteiger partial charge is 0.262 e. The number of thiophene rings is 1. The lowest BCUT2D eigenvalue weighted by Crippen LogP contribution is -2.25. The van der Waals surface area contributed by atoms with E-state index >= 15 is 0 Å². The van der Waals surface area contributed by atoms with E-state index in [2.05, 4.69) is 9.55 Å². The first-order valence-corrected chi connectivity index (χ1v) is 11.7. The fourth-order valence-corrected chi connectivity index (χ4v) is 6.11. The molecule has 0 amide bonds. The van der Waals surface area contributed by atoms with Gasteiger partial charge in [-0.1, -0.05) is 0 Å². The maximum atomic E-state index is 13.2. The number of ketones is 1. The predicted octanol–water partition coefficient (Wildman–Crippen LogP) is 3.82. The van der Waals surface area contributed by atoms with Crippen LogP contribution in [0.25, 0.3) is 10.2 Å². The molecule has 2 aliphatic rings. The van der Waals surface area contributed by atoms with Crippen LogP contribution in [0.5, 0.6) is 0 Å². The molecule has 1 saturated heterocycles. The number of hydrogen-bond donors (Lipinski definition) is 0. The third kappa shape index (κ3) is 3.34. The number of fused-ring (bicyclic) bond motifs is 3. The molecule has 1 fully saturated rings. The Morgan fingerprint density at radius 1 is 1.27 bits per heavy atom. The van der Waals surface area contributed by atoms with Gasteiger partial charge in [0.2, 0.25) is 0 Å². The molecular weight excluding hydrogens is 398 g/mol. The average Bonchev–Trinajstić information content (AvgIpc) is 3.44. The van der Waals surface area contributed by atoms with Crippen molar-refractivity contribution in [2.24, 2.45) is 0 Å². The van der Waals surface area contributed by atoms with E-state index in [4.69, 9.17) is 4.74 Å². The monoisotopic (exact) mass is 425 g/mol. The summed E-state index contributed by atoms with van der Waals surface area (Å²) in [6.45, 7) is 5.63. The molecule has 0 N–H and O–H groups in total. The number of carbonyl (C=O) groups excluding carboxylic acids is 1. The zero-order valence-electron chi connectivity index (χ0n) is 17.6. The van der Waals surface area contributed by atoms with E-state index in [1.165, 1.54) is 22.2 Å². The van der Waals surface area contributed by atoms with Gasteiger partial charge in [0.1, 0.15) is 4.83 Å². The zero-order valence-corrected chi connectivity index (χ0v) is 18.4. The molecule has 5 rings (SSSR count). The third-order valence-electron chi connectivity index (χ3n) is 6.54. The Morgan fingerprint density at radius 3 is 2.90 bits per heavy atom. The molecule has 0 spiro atoms. The quantitative estimate of drug-likeness (QED) is 0.583. The Morgan fingerprint density at radius 2 is 2.10 bits per heavy atom. The molecule has 1 atom stereocenters. The zero-order chi connectivity index (χ0) is 20.8. The highest BCUT2D eigenvalue weighted by Gasteiger charge is 2.23. The Hall–Kier alpha value is -2.25. The minimum absolute atomic E-state index is 0.0244. The van der Waals surface area contributed by atoms with E-state index in [1.807, 2.05) is 19.9 Å². The van der Waals surface area contributed by atoms with Crippen LogP contribution in [0.2, 0.25) is 0 Å². The van der Waals surface area contributed by atoms with Gasteiger partial charge in [0.25, 0.3) is 5.56 Å². The van der Waals surface area contributed by atoms with Gasteiger partial charge in [0.05, 0.1) is 24.4 Å². The molecule has 6 nitrogen and oxygen atoms in total. The molecule has 0 unspecified atom stereocenters. The van der Waals surface area contributed by atoms with Crippen LogP contribution in [-0.4, -0.2) is 32.6 Å². The van der Waals surface area contributed by atoms with Gasteiger partial charge in [-0.2, -0.15) is 0 Å². The number of carbonyl (C=O) groups is 1. The lowest BCUT2D eigenvalue weighted by molar-refractivity contribution is 0.0948. The van der Waals surface area contributed by atoms with Gasteiger partial charge in [-0.3, -0.25) is 14.2 Å². The van der Waals surface area contributed by atoms with Gasteiger partial charge < -0.3 is 9.30 Å². The van der Waals surface area contributed by atoms with Crippen molar-refractivity contribution in [2.45, 2.75) is 71.6 Å². The van der Waals surface area contributed by atoms with Crippen molar-refractivity contribution in [1.29, 1.82) is 0 Å². The van der Waals surface area contributed by atoms with E-state index < -0.39 is 0 Å². The normalized spacial score (nSPS) is 18.8. The summed E-state index contributed by atoms with van der Waals surface area (Å²) in [7, 11) is 0. The number of nitrogens with zero attached hydrogens (tertiary/aromatic N) is 3. The van der Waals surface area contributed by atoms with Gasteiger partial charge in [-0.05, 0) is 64.0 Å². The summed E-state index contributed by atoms with van der Waals surface area (Å²) in [6.07, 6.45) is 8.18. The largest absolute Gasteiger partial charge is 0.376 e. The summed E-state index contributed by atoms with van der Waals surface area (Å²) in [6, 6.07) is 1.94. The van der Waals surface area contributed by atoms with E-state index in [9.17, 15) is 9.59 Å². The van der Waals surface area contributed by atoms with Crippen LogP contribution in [0.1, 0.15) is 57.9 Å². The van der Waals surface area contributed by atoms with E-state index in [-0.39, 0.29) is 24.0 Å². The van der Waals surface area contributed by atoms with Crippen LogP contribution >= 0.6 is 11.3 Å². The first-order chi connectivity index (χ1) is 14.5. The van der Waals surface area contributed by atoms with Crippen molar-refractivity contribution >= 4 is 27.3 Å². The molecule has 3 aromatic heterocycles. The molecule has 0 saturated carbocycles. The highest BCUT2D eigenvalue weighted by Crippen LogP contribution is 2.33. The summed E-state index contributed by atoms with van der Waals surface area (Å²) in [4.78, 5) is 32.9. The SMILES string of the molecule is Cc1cc(C(=O)Cn2cnc3sc4c(c3c2=O)CCCC4)c(C)n1C[C@H]1CCCO1. The highest BCUT2D eigenvalue weighted by molar-refractivity contribution is 7.18. The number of aromatic nitrogens is 3. The first kappa shape index (κ1) is 19.7. The molecule has 30 heavy (non-hydrogen) atoms. The minimum atomic E-state index is -0.0825. The minimum Gasteiger partial charge on any atom is -0.376 e. The second-order valence-corrected chi connectivity index (χ2v) is 9.61. The Kier molecular flexibility index (Phi) is 5.11. The van der Waals surface area contributed by atoms with Crippen LogP contribution in [0.15, 0.2) is 17.2 Å². The van der Waals surface area contributed by atoms with Crippen molar-refractivity contribution in [3.05, 3.63) is 50.1 Å². The third-order valence-corrected chi connectivity index (χ3v) is 7.74. The maximum Gasteiger partial charge on any atom is 0.262 e. The summed E-state index contributed by atoms with van der Waals surface area (Å²) in [5.74, 6) is -0.0472. The fourth-order valence-electron chi connectivity index (χ4n) is 4.89. The number of aryl methyl sites for hydroxylation is 3. The van der Waals surface area contributed by atoms with Gasteiger partial charge in [-0.25, -0.2) is 4.98 Å². The molecule has 4 heterocycles. The molecule has 158 valence electrons. The average molecular weight is 426 g/mol. The van der Waals surface area contributed by atoms with Crippen molar-refractivity contribution in [1.82, 2.24) is 14.1 Å². The lowest BCUT2D eigenvalue weighted by Gasteiger charge is -2.15. The van der Waals surface area contributed by atoms with Crippen LogP contribution in [0.4, 0.5) is 0 Å². The standard InChI is InChI=1S/C23H27N3O3S/c1-14-10-18(15(2)26(14)11-16-6-5-9-29-16)19(27)12-25-13-24-22-21(23(25)28)17-7-3-4-8-20(17)30-22/h10,13,16H,3-9,11-12H2,1-2H3/t16-/m1/s1. The second kappa shape index (κ2) is 7.78. The van der Waals surface area contributed by atoms with Gasteiger partial charge >= 0.3 is 0 Å². The summed E-state index contributed by atoms with van der Waals surface area (Å²) >= 11 is 1.64. The molecule has 7 heteroatoms. The molecule has 0 radical (unpaired) electrons. The van der Waals surface area contributed by atoms with Crippen molar-refractivity contribution < 1.29 is 9.53 Å². The number of hydrogen-bond acceptors (Lipinski definition) is 5. The van der Waals surface area contributed by atoms with Crippen molar-refractivity contribution in [3.63, 3.8) is 0 Å². The Balaban J connectivity index is 1.43. The fraction of sp³-hybridized carbons (Fsp3) is 0.522. The number of rotatable bonds is 5. The maximum absolute atomic E-state index is 13.2. The summed E-state index contributed by atoms with van der Waals surface area (Å²) in [5.41, 5.74) is 3.77. The van der Waals surface area contributed by atoms with Crippen molar-refractivity contribution in [2.75, 3.05) is 6.61 Å². The van der Waals surface area contributed by atoms with Crippen LogP contribution in [-0.2, 0) is 30.7 Å². The van der Waals surface area contributed by atoms with Crippen LogP contribution in [0.3, 0.4) is 0 Å². The second-order valence-electron chi connectivity index (χ2n) is 8.52. The summed E-state index contributed by atoms with van der Waals surface area (Å²) < 4.78 is 9.42. The van der Waals surface area contributed by atoms with Gasteiger partial charge in [0.15, 0.2) is 5.78 Å². The molecule has 0 bridgehead atoms. The van der Waals surface area contributed by atoms with Crippen LogP contribution in [0, 0.1) is 13.8 Å². The molecule has 1 aliphatic carbocycles.